The molecule has 0 aliphatic rings. The first kappa shape index (κ1) is 15.6. The van der Waals surface area contributed by atoms with E-state index in [9.17, 15) is 18.5 Å². The third kappa shape index (κ3) is 3.10. The van der Waals surface area contributed by atoms with Crippen LogP contribution in [0.15, 0.2) is 11.0 Å². The molecular weight excluding hydrogens is 268 g/mol. The van der Waals surface area contributed by atoms with E-state index in [-0.39, 0.29) is 16.1 Å². The highest BCUT2D eigenvalue weighted by atomic mass is 32.2. The Bertz CT molecular complexity index is 609. The maximum Gasteiger partial charge on any atom is 0.276 e. The summed E-state index contributed by atoms with van der Waals surface area (Å²) in [5, 5.41) is 11.0. The number of nitro groups is 1. The standard InChI is InChI=1S/C12H18N2O4S/c1-5-6-13-19(17,18)12-9(3)7-8(2)11(10(12)4)14(15)16/h7,13H,5-6H2,1-4H3. The van der Waals surface area contributed by atoms with Crippen molar-refractivity contribution in [3.63, 3.8) is 0 Å². The third-order valence-corrected chi connectivity index (χ3v) is 4.60. The van der Waals surface area contributed by atoms with Crippen LogP contribution in [0.4, 0.5) is 5.69 Å². The Labute approximate surface area is 113 Å². The molecule has 0 heterocycles. The SMILES string of the molecule is CCCNS(=O)(=O)c1c(C)cc(C)c([N+](=O)[O-])c1C. The number of benzene rings is 1. The van der Waals surface area contributed by atoms with Gasteiger partial charge in [-0.3, -0.25) is 10.1 Å². The zero-order valence-electron chi connectivity index (χ0n) is 11.5. The van der Waals surface area contributed by atoms with Crippen LogP contribution >= 0.6 is 0 Å². The highest BCUT2D eigenvalue weighted by molar-refractivity contribution is 7.89. The van der Waals surface area contributed by atoms with Crippen molar-refractivity contribution in [2.24, 2.45) is 0 Å². The van der Waals surface area contributed by atoms with Crippen molar-refractivity contribution < 1.29 is 13.3 Å². The van der Waals surface area contributed by atoms with Crippen molar-refractivity contribution in [3.8, 4) is 0 Å². The Morgan fingerprint density at radius 1 is 1.26 bits per heavy atom. The van der Waals surface area contributed by atoms with Gasteiger partial charge in [0.15, 0.2) is 0 Å². The molecule has 0 aliphatic carbocycles. The fourth-order valence-corrected chi connectivity index (χ4v) is 3.76. The van der Waals surface area contributed by atoms with Crippen LogP contribution in [-0.4, -0.2) is 19.9 Å². The predicted molar refractivity (Wildman–Crippen MR) is 72.8 cm³/mol. The maximum absolute atomic E-state index is 12.2. The lowest BCUT2D eigenvalue weighted by molar-refractivity contribution is -0.386. The summed E-state index contributed by atoms with van der Waals surface area (Å²) in [6.45, 7) is 6.87. The Morgan fingerprint density at radius 3 is 2.32 bits per heavy atom. The molecule has 0 fully saturated rings. The number of nitro benzene ring substituents is 1. The van der Waals surface area contributed by atoms with Crippen molar-refractivity contribution >= 4 is 15.7 Å². The molecule has 0 unspecified atom stereocenters. The first-order valence-corrected chi connectivity index (χ1v) is 7.45. The average Bonchev–Trinajstić information content (AvgIpc) is 2.24. The van der Waals surface area contributed by atoms with E-state index >= 15 is 0 Å². The van der Waals surface area contributed by atoms with Gasteiger partial charge in [-0.25, -0.2) is 13.1 Å². The van der Waals surface area contributed by atoms with Crippen LogP contribution in [0.2, 0.25) is 0 Å². The van der Waals surface area contributed by atoms with Gasteiger partial charge in [0.2, 0.25) is 10.0 Å². The molecule has 1 rings (SSSR count). The lowest BCUT2D eigenvalue weighted by atomic mass is 10.1. The van der Waals surface area contributed by atoms with Crippen molar-refractivity contribution in [3.05, 3.63) is 32.9 Å². The van der Waals surface area contributed by atoms with E-state index in [4.69, 9.17) is 0 Å². The number of rotatable bonds is 5. The van der Waals surface area contributed by atoms with Crippen molar-refractivity contribution in [2.45, 2.75) is 39.0 Å². The molecular formula is C12H18N2O4S. The van der Waals surface area contributed by atoms with Gasteiger partial charge in [0, 0.05) is 17.7 Å². The maximum atomic E-state index is 12.2. The smallest absolute Gasteiger partial charge is 0.258 e. The molecule has 6 nitrogen and oxygen atoms in total. The summed E-state index contributed by atoms with van der Waals surface area (Å²) >= 11 is 0. The van der Waals surface area contributed by atoms with Crippen molar-refractivity contribution in [2.75, 3.05) is 6.54 Å². The number of nitrogens with one attached hydrogen (secondary N) is 1. The normalized spacial score (nSPS) is 11.6. The Morgan fingerprint density at radius 2 is 1.84 bits per heavy atom. The quantitative estimate of drug-likeness (QED) is 0.663. The molecule has 1 aromatic carbocycles. The van der Waals surface area contributed by atoms with Gasteiger partial charge >= 0.3 is 0 Å². The monoisotopic (exact) mass is 286 g/mol. The molecule has 19 heavy (non-hydrogen) atoms. The Balaban J connectivity index is 3.53. The predicted octanol–water partition coefficient (Wildman–Crippen LogP) is 2.21. The molecule has 0 radical (unpaired) electrons. The summed E-state index contributed by atoms with van der Waals surface area (Å²) < 4.78 is 26.8. The Kier molecular flexibility index (Phi) is 4.65. The van der Waals surface area contributed by atoms with Crippen LogP contribution in [0.1, 0.15) is 30.0 Å². The lowest BCUT2D eigenvalue weighted by Crippen LogP contribution is -2.26. The van der Waals surface area contributed by atoms with Gasteiger partial charge in [0.1, 0.15) is 0 Å². The van der Waals surface area contributed by atoms with Crippen LogP contribution < -0.4 is 4.72 Å². The number of nitrogens with zero attached hydrogens (tertiary/aromatic N) is 1. The zero-order valence-corrected chi connectivity index (χ0v) is 12.3. The zero-order chi connectivity index (χ0) is 14.8. The molecule has 0 amide bonds. The third-order valence-electron chi connectivity index (χ3n) is 2.85. The van der Waals surface area contributed by atoms with E-state index in [2.05, 4.69) is 4.72 Å². The second-order valence-electron chi connectivity index (χ2n) is 4.47. The molecule has 0 saturated carbocycles. The molecule has 0 atom stereocenters. The minimum absolute atomic E-state index is 0.0123. The minimum atomic E-state index is -3.71. The molecule has 7 heteroatoms. The molecule has 0 bridgehead atoms. The molecule has 0 saturated heterocycles. The van der Waals surface area contributed by atoms with E-state index in [0.29, 0.717) is 24.1 Å². The number of sulfonamides is 1. The average molecular weight is 286 g/mol. The van der Waals surface area contributed by atoms with Crippen LogP contribution in [0.5, 0.6) is 0 Å². The fourth-order valence-electron chi connectivity index (χ4n) is 2.16. The molecule has 0 spiro atoms. The van der Waals surface area contributed by atoms with Gasteiger partial charge in [-0.1, -0.05) is 6.92 Å². The summed E-state index contributed by atoms with van der Waals surface area (Å²) in [5.41, 5.74) is 1.03. The van der Waals surface area contributed by atoms with Gasteiger partial charge < -0.3 is 0 Å². The van der Waals surface area contributed by atoms with Gasteiger partial charge in [-0.2, -0.15) is 0 Å². The first-order chi connectivity index (χ1) is 8.72. The van der Waals surface area contributed by atoms with Gasteiger partial charge in [0.25, 0.3) is 5.69 Å². The van der Waals surface area contributed by atoms with Gasteiger partial charge in [-0.15, -0.1) is 0 Å². The van der Waals surface area contributed by atoms with E-state index < -0.39 is 14.9 Å². The summed E-state index contributed by atoms with van der Waals surface area (Å²) in [7, 11) is -3.71. The lowest BCUT2D eigenvalue weighted by Gasteiger charge is -2.13. The molecule has 106 valence electrons. The summed E-state index contributed by atoms with van der Waals surface area (Å²) in [4.78, 5) is 10.5. The van der Waals surface area contributed by atoms with Crippen molar-refractivity contribution in [1.82, 2.24) is 4.72 Å². The number of hydrogen-bond donors (Lipinski definition) is 1. The summed E-state index contributed by atoms with van der Waals surface area (Å²) in [6, 6.07) is 1.53. The first-order valence-electron chi connectivity index (χ1n) is 5.97. The van der Waals surface area contributed by atoms with Crippen LogP contribution in [-0.2, 0) is 10.0 Å². The largest absolute Gasteiger partial charge is 0.276 e. The second-order valence-corrected chi connectivity index (χ2v) is 6.17. The number of hydrogen-bond acceptors (Lipinski definition) is 4. The van der Waals surface area contributed by atoms with E-state index in [1.54, 1.807) is 13.8 Å². The van der Waals surface area contributed by atoms with Crippen molar-refractivity contribution in [1.29, 1.82) is 0 Å². The van der Waals surface area contributed by atoms with Crippen LogP contribution in [0.25, 0.3) is 0 Å². The highest BCUT2D eigenvalue weighted by Crippen LogP contribution is 2.31. The molecule has 1 aromatic rings. The van der Waals surface area contributed by atoms with Gasteiger partial charge in [-0.05, 0) is 38.8 Å². The number of aryl methyl sites for hydroxylation is 2. The fraction of sp³-hybridized carbons (Fsp3) is 0.500. The van der Waals surface area contributed by atoms with Crippen LogP contribution in [0.3, 0.4) is 0 Å². The minimum Gasteiger partial charge on any atom is -0.258 e. The molecule has 1 N–H and O–H groups in total. The van der Waals surface area contributed by atoms with E-state index in [0.717, 1.165) is 0 Å². The topological polar surface area (TPSA) is 89.3 Å². The Hall–Kier alpha value is -1.47. The van der Waals surface area contributed by atoms with E-state index in [1.165, 1.54) is 13.0 Å². The van der Waals surface area contributed by atoms with E-state index in [1.807, 2.05) is 6.92 Å². The molecule has 0 aromatic heterocycles. The molecule has 0 aliphatic heterocycles. The summed E-state index contributed by atoms with van der Waals surface area (Å²) in [5.74, 6) is 0. The highest BCUT2D eigenvalue weighted by Gasteiger charge is 2.27. The van der Waals surface area contributed by atoms with Gasteiger partial charge in [0.05, 0.1) is 9.82 Å². The van der Waals surface area contributed by atoms with Crippen LogP contribution in [0, 0.1) is 30.9 Å². The second kappa shape index (κ2) is 5.66. The summed E-state index contributed by atoms with van der Waals surface area (Å²) in [6.07, 6.45) is 0.658.